The van der Waals surface area contributed by atoms with Crippen molar-refractivity contribution >= 4 is 0 Å². The van der Waals surface area contributed by atoms with E-state index >= 15 is 0 Å². The van der Waals surface area contributed by atoms with Gasteiger partial charge in [-0.2, -0.15) is 0 Å². The van der Waals surface area contributed by atoms with Gasteiger partial charge in [0.2, 0.25) is 0 Å². The van der Waals surface area contributed by atoms with Gasteiger partial charge in [-0.25, -0.2) is 0 Å². The van der Waals surface area contributed by atoms with Crippen molar-refractivity contribution in [2.24, 2.45) is 17.6 Å². The molecule has 0 amide bonds. The molecule has 0 aliphatic carbocycles. The second-order valence-corrected chi connectivity index (χ2v) is 4.22. The number of hydrogen-bond donors (Lipinski definition) is 1. The highest BCUT2D eigenvalue weighted by Gasteiger charge is 2.08. The second kappa shape index (κ2) is 7.60. The van der Waals surface area contributed by atoms with Gasteiger partial charge >= 0.3 is 0 Å². The topological polar surface area (TPSA) is 26.0 Å². The van der Waals surface area contributed by atoms with Crippen LogP contribution in [-0.4, -0.2) is 6.54 Å². The summed E-state index contributed by atoms with van der Waals surface area (Å²) in [7, 11) is 0. The van der Waals surface area contributed by atoms with Crippen molar-refractivity contribution < 1.29 is 0 Å². The minimum Gasteiger partial charge on any atom is -0.330 e. The zero-order chi connectivity index (χ0) is 9.40. The molecule has 0 saturated heterocycles. The first-order chi connectivity index (χ1) is 5.70. The molecule has 74 valence electrons. The molecule has 1 nitrogen and oxygen atoms in total. The van der Waals surface area contributed by atoms with Crippen LogP contribution in [0.5, 0.6) is 0 Å². The van der Waals surface area contributed by atoms with E-state index in [0.717, 1.165) is 18.4 Å². The zero-order valence-corrected chi connectivity index (χ0v) is 8.97. The molecule has 0 bridgehead atoms. The van der Waals surface area contributed by atoms with E-state index in [0.29, 0.717) is 0 Å². The third kappa shape index (κ3) is 6.66. The summed E-state index contributed by atoms with van der Waals surface area (Å²) in [6.45, 7) is 7.75. The highest BCUT2D eigenvalue weighted by molar-refractivity contribution is 4.61. The lowest BCUT2D eigenvalue weighted by Crippen LogP contribution is -2.08. The lowest BCUT2D eigenvalue weighted by atomic mass is 9.89. The average Bonchev–Trinajstić information content (AvgIpc) is 2.00. The molecule has 1 heteroatoms. The van der Waals surface area contributed by atoms with Crippen LogP contribution in [0.3, 0.4) is 0 Å². The molecule has 0 aromatic rings. The van der Waals surface area contributed by atoms with E-state index in [9.17, 15) is 0 Å². The molecule has 12 heavy (non-hydrogen) atoms. The molecule has 0 aromatic heterocycles. The van der Waals surface area contributed by atoms with Crippen molar-refractivity contribution in [1.82, 2.24) is 0 Å². The Balaban J connectivity index is 3.54. The first-order valence-corrected chi connectivity index (χ1v) is 5.40. The van der Waals surface area contributed by atoms with Crippen LogP contribution >= 0.6 is 0 Å². The van der Waals surface area contributed by atoms with Crippen LogP contribution in [0.2, 0.25) is 0 Å². The minimum absolute atomic E-state index is 0.847. The Morgan fingerprint density at radius 2 is 1.83 bits per heavy atom. The third-order valence-electron chi connectivity index (χ3n) is 2.32. The van der Waals surface area contributed by atoms with Crippen LogP contribution in [-0.2, 0) is 0 Å². The van der Waals surface area contributed by atoms with Crippen molar-refractivity contribution in [3.05, 3.63) is 0 Å². The van der Waals surface area contributed by atoms with Gasteiger partial charge < -0.3 is 5.73 Å². The predicted molar refractivity (Wildman–Crippen MR) is 56.1 cm³/mol. The van der Waals surface area contributed by atoms with Crippen LogP contribution in [0.4, 0.5) is 0 Å². The molecule has 0 aliphatic heterocycles. The lowest BCUT2D eigenvalue weighted by molar-refractivity contribution is 0.355. The Hall–Kier alpha value is -0.0400. The Kier molecular flexibility index (Phi) is 7.58. The Bertz CT molecular complexity index is 89.0. The van der Waals surface area contributed by atoms with Crippen LogP contribution in [0.25, 0.3) is 0 Å². The van der Waals surface area contributed by atoms with Crippen LogP contribution in [0, 0.1) is 11.8 Å². The first kappa shape index (κ1) is 12.0. The fraction of sp³-hybridized carbons (Fsp3) is 1.00. The summed E-state index contributed by atoms with van der Waals surface area (Å²) in [6, 6.07) is 0. The summed E-state index contributed by atoms with van der Waals surface area (Å²) >= 11 is 0. The van der Waals surface area contributed by atoms with Crippen LogP contribution in [0.1, 0.15) is 52.9 Å². The molecular weight excluding hydrogens is 146 g/mol. The summed E-state index contributed by atoms with van der Waals surface area (Å²) in [5, 5.41) is 0. The quantitative estimate of drug-likeness (QED) is 0.625. The van der Waals surface area contributed by atoms with Gasteiger partial charge in [-0.05, 0) is 37.6 Å². The zero-order valence-electron chi connectivity index (χ0n) is 8.97. The second-order valence-electron chi connectivity index (χ2n) is 4.22. The van der Waals surface area contributed by atoms with E-state index < -0.39 is 0 Å². The fourth-order valence-electron chi connectivity index (χ4n) is 1.86. The molecule has 0 saturated carbocycles. The van der Waals surface area contributed by atoms with Gasteiger partial charge in [0.15, 0.2) is 0 Å². The Labute approximate surface area is 77.7 Å². The van der Waals surface area contributed by atoms with E-state index in [-0.39, 0.29) is 0 Å². The normalized spacial score (nSPS) is 13.8. The van der Waals surface area contributed by atoms with E-state index in [2.05, 4.69) is 20.8 Å². The summed E-state index contributed by atoms with van der Waals surface area (Å²) < 4.78 is 0. The molecule has 0 spiro atoms. The molecule has 0 aromatic carbocycles. The molecule has 0 rings (SSSR count). The molecule has 0 heterocycles. The minimum atomic E-state index is 0.847. The molecule has 2 N–H and O–H groups in total. The highest BCUT2D eigenvalue weighted by atomic mass is 14.5. The van der Waals surface area contributed by atoms with Crippen molar-refractivity contribution in [3.8, 4) is 0 Å². The third-order valence-corrected chi connectivity index (χ3v) is 2.32. The van der Waals surface area contributed by atoms with Crippen LogP contribution < -0.4 is 5.73 Å². The van der Waals surface area contributed by atoms with Gasteiger partial charge in [0, 0.05) is 0 Å². The van der Waals surface area contributed by atoms with Gasteiger partial charge in [-0.1, -0.05) is 33.6 Å². The number of nitrogens with two attached hydrogens (primary N) is 1. The van der Waals surface area contributed by atoms with E-state index in [1.165, 1.54) is 32.1 Å². The highest BCUT2D eigenvalue weighted by Crippen LogP contribution is 2.21. The number of hydrogen-bond acceptors (Lipinski definition) is 1. The van der Waals surface area contributed by atoms with E-state index in [1.54, 1.807) is 0 Å². The summed E-state index contributed by atoms with van der Waals surface area (Å²) in [4.78, 5) is 0. The van der Waals surface area contributed by atoms with Gasteiger partial charge in [0.1, 0.15) is 0 Å². The average molecular weight is 171 g/mol. The lowest BCUT2D eigenvalue weighted by Gasteiger charge is -2.17. The summed E-state index contributed by atoms with van der Waals surface area (Å²) in [6.07, 6.45) is 6.63. The van der Waals surface area contributed by atoms with Crippen molar-refractivity contribution in [3.63, 3.8) is 0 Å². The smallest absolute Gasteiger partial charge is 0.00772 e. The molecule has 0 aliphatic rings. The molecule has 1 unspecified atom stereocenters. The summed E-state index contributed by atoms with van der Waals surface area (Å²) in [5.41, 5.74) is 5.50. The Morgan fingerprint density at radius 1 is 1.17 bits per heavy atom. The maximum Gasteiger partial charge on any atom is -0.00772 e. The molecule has 0 fully saturated rings. The van der Waals surface area contributed by atoms with Gasteiger partial charge in [0.05, 0.1) is 0 Å². The van der Waals surface area contributed by atoms with Gasteiger partial charge in [0.25, 0.3) is 0 Å². The van der Waals surface area contributed by atoms with E-state index in [4.69, 9.17) is 5.73 Å². The van der Waals surface area contributed by atoms with Crippen molar-refractivity contribution in [1.29, 1.82) is 0 Å². The van der Waals surface area contributed by atoms with E-state index in [1.807, 2.05) is 0 Å². The van der Waals surface area contributed by atoms with Crippen LogP contribution in [0.15, 0.2) is 0 Å². The maximum atomic E-state index is 5.50. The SMILES string of the molecule is CCCC(CCCN)CC(C)C. The summed E-state index contributed by atoms with van der Waals surface area (Å²) in [5.74, 6) is 1.78. The predicted octanol–water partition coefficient (Wildman–Crippen LogP) is 3.19. The maximum absolute atomic E-state index is 5.50. The Morgan fingerprint density at radius 3 is 2.25 bits per heavy atom. The standard InChI is InChI=1S/C11H25N/c1-4-6-11(7-5-8-12)9-10(2)3/h10-11H,4-9,12H2,1-3H3. The van der Waals surface area contributed by atoms with Crippen molar-refractivity contribution in [2.45, 2.75) is 52.9 Å². The van der Waals surface area contributed by atoms with Gasteiger partial charge in [-0.15, -0.1) is 0 Å². The molecular formula is C11H25N. The molecule has 1 atom stereocenters. The molecule has 0 radical (unpaired) electrons. The van der Waals surface area contributed by atoms with Crippen molar-refractivity contribution in [2.75, 3.05) is 6.54 Å². The first-order valence-electron chi connectivity index (χ1n) is 5.40. The number of rotatable bonds is 7. The fourth-order valence-corrected chi connectivity index (χ4v) is 1.86. The van der Waals surface area contributed by atoms with Gasteiger partial charge in [-0.3, -0.25) is 0 Å². The monoisotopic (exact) mass is 171 g/mol. The largest absolute Gasteiger partial charge is 0.330 e.